The molecule has 142 valence electrons. The molecule has 0 unspecified atom stereocenters. The normalized spacial score (nSPS) is 15.2. The van der Waals surface area contributed by atoms with Gasteiger partial charge in [-0.1, -0.05) is 79.9 Å². The molecule has 26 heavy (non-hydrogen) atoms. The summed E-state index contributed by atoms with van der Waals surface area (Å²) in [4.78, 5) is 9.55. The van der Waals surface area contributed by atoms with Crippen LogP contribution < -0.4 is 5.73 Å². The number of benzene rings is 2. The molecule has 1 aliphatic carbocycles. The van der Waals surface area contributed by atoms with Crippen LogP contribution in [0.1, 0.15) is 43.2 Å². The minimum absolute atomic E-state index is 0.0450. The van der Waals surface area contributed by atoms with Crippen molar-refractivity contribution in [3.63, 3.8) is 0 Å². The summed E-state index contributed by atoms with van der Waals surface area (Å²) in [7, 11) is -4.02. The third-order valence-electron chi connectivity index (χ3n) is 4.12. The van der Waals surface area contributed by atoms with Gasteiger partial charge in [0.05, 0.1) is 13.2 Å². The first-order valence-corrected chi connectivity index (χ1v) is 10.5. The lowest BCUT2D eigenvalue weighted by atomic mass is 9.97. The van der Waals surface area contributed by atoms with Crippen LogP contribution in [0.5, 0.6) is 0 Å². The van der Waals surface area contributed by atoms with Crippen LogP contribution in [0.25, 0.3) is 0 Å². The Balaban J connectivity index is 0.000000290. The van der Waals surface area contributed by atoms with Crippen molar-refractivity contribution in [3.8, 4) is 0 Å². The van der Waals surface area contributed by atoms with Crippen molar-refractivity contribution in [3.05, 3.63) is 71.8 Å². The second-order valence-corrected chi connectivity index (χ2v) is 7.84. The first kappa shape index (κ1) is 20.8. The van der Waals surface area contributed by atoms with E-state index in [0.29, 0.717) is 6.04 Å². The molecule has 0 heterocycles. The molecule has 1 fully saturated rings. The molecule has 0 aliphatic heterocycles. The van der Waals surface area contributed by atoms with Crippen molar-refractivity contribution in [2.24, 2.45) is 5.73 Å². The van der Waals surface area contributed by atoms with Gasteiger partial charge in [0.25, 0.3) is 0 Å². The van der Waals surface area contributed by atoms with E-state index in [2.05, 4.69) is 0 Å². The summed E-state index contributed by atoms with van der Waals surface area (Å²) < 4.78 is 21.5. The molecule has 0 spiro atoms. The summed E-state index contributed by atoms with van der Waals surface area (Å²) in [5, 5.41) is 0. The molecule has 3 N–H and O–H groups in total. The molecule has 5 nitrogen and oxygen atoms in total. The van der Waals surface area contributed by atoms with E-state index in [0.717, 1.165) is 11.1 Å². The van der Waals surface area contributed by atoms with Crippen molar-refractivity contribution >= 4 is 7.82 Å². The molecule has 2 aromatic carbocycles. The van der Waals surface area contributed by atoms with E-state index in [1.165, 1.54) is 32.1 Å². The van der Waals surface area contributed by atoms with Gasteiger partial charge in [-0.2, -0.15) is 0 Å². The lowest BCUT2D eigenvalue weighted by molar-refractivity contribution is 0.137. The number of phosphoric ester groups is 1. The Labute approximate surface area is 155 Å². The highest BCUT2D eigenvalue weighted by Gasteiger charge is 2.20. The Kier molecular flexibility index (Phi) is 9.02. The zero-order valence-corrected chi connectivity index (χ0v) is 15.9. The quantitative estimate of drug-likeness (QED) is 0.707. The molecule has 6 heteroatoms. The summed E-state index contributed by atoms with van der Waals surface area (Å²) in [6.07, 6.45) is 6.66. The van der Waals surface area contributed by atoms with E-state index in [-0.39, 0.29) is 13.2 Å². The number of hydrogen-bond donors (Lipinski definition) is 2. The zero-order chi connectivity index (χ0) is 18.7. The van der Waals surface area contributed by atoms with Crippen LogP contribution in [0.4, 0.5) is 0 Å². The lowest BCUT2D eigenvalue weighted by Crippen LogP contribution is -2.22. The van der Waals surface area contributed by atoms with E-state index in [1.54, 1.807) is 0 Å². The third-order valence-corrected chi connectivity index (χ3v) is 5.03. The monoisotopic (exact) mass is 377 g/mol. The molecule has 0 amide bonds. The van der Waals surface area contributed by atoms with Crippen molar-refractivity contribution in [1.82, 2.24) is 0 Å². The summed E-state index contributed by atoms with van der Waals surface area (Å²) in [5.74, 6) is 0. The molecule has 3 rings (SSSR count). The minimum Gasteiger partial charge on any atom is -0.328 e. The van der Waals surface area contributed by atoms with Gasteiger partial charge in [-0.3, -0.25) is 9.05 Å². The Morgan fingerprint density at radius 3 is 1.62 bits per heavy atom. The Morgan fingerprint density at radius 2 is 1.27 bits per heavy atom. The first-order valence-electron chi connectivity index (χ1n) is 9.00. The SMILES string of the molecule is NC1CCCCC1.O=P(O)(OCc1ccccc1)OCc1ccccc1. The fourth-order valence-electron chi connectivity index (χ4n) is 2.63. The van der Waals surface area contributed by atoms with Crippen molar-refractivity contribution < 1.29 is 18.5 Å². The summed E-state index contributed by atoms with van der Waals surface area (Å²) >= 11 is 0. The molecule has 0 saturated heterocycles. The van der Waals surface area contributed by atoms with Crippen LogP contribution in [-0.2, 0) is 26.8 Å². The van der Waals surface area contributed by atoms with Gasteiger partial charge in [0.2, 0.25) is 0 Å². The van der Waals surface area contributed by atoms with Gasteiger partial charge in [-0.15, -0.1) is 0 Å². The second-order valence-electron chi connectivity index (χ2n) is 6.38. The van der Waals surface area contributed by atoms with E-state index in [4.69, 9.17) is 14.8 Å². The summed E-state index contributed by atoms with van der Waals surface area (Å²) in [5.41, 5.74) is 7.27. The van der Waals surface area contributed by atoms with Gasteiger partial charge in [0.1, 0.15) is 0 Å². The predicted molar refractivity (Wildman–Crippen MR) is 103 cm³/mol. The standard InChI is InChI=1S/C14H15O4P.C6H13N/c15-19(16,17-11-13-7-3-1-4-8-13)18-12-14-9-5-2-6-10-14;7-6-4-2-1-3-5-6/h1-10H,11-12H2,(H,15,16);6H,1-5,7H2. The summed E-state index contributed by atoms with van der Waals surface area (Å²) in [6, 6.07) is 18.9. The van der Waals surface area contributed by atoms with Gasteiger partial charge >= 0.3 is 7.82 Å². The van der Waals surface area contributed by atoms with E-state index in [9.17, 15) is 9.46 Å². The minimum atomic E-state index is -4.02. The van der Waals surface area contributed by atoms with Crippen LogP contribution in [0, 0.1) is 0 Å². The molecule has 0 radical (unpaired) electrons. The number of hydrogen-bond acceptors (Lipinski definition) is 4. The van der Waals surface area contributed by atoms with Crippen LogP contribution in [-0.4, -0.2) is 10.9 Å². The van der Waals surface area contributed by atoms with Crippen molar-refractivity contribution in [1.29, 1.82) is 0 Å². The van der Waals surface area contributed by atoms with E-state index >= 15 is 0 Å². The molecule has 2 aromatic rings. The smallest absolute Gasteiger partial charge is 0.328 e. The predicted octanol–water partition coefficient (Wildman–Crippen LogP) is 4.80. The number of rotatable bonds is 6. The van der Waals surface area contributed by atoms with Gasteiger partial charge in [0, 0.05) is 6.04 Å². The second kappa shape index (κ2) is 11.3. The number of phosphoric acid groups is 1. The maximum absolute atomic E-state index is 11.7. The Hall–Kier alpha value is -1.49. The first-order chi connectivity index (χ1) is 12.6. The molecular weight excluding hydrogens is 349 g/mol. The lowest BCUT2D eigenvalue weighted by Gasteiger charge is -2.15. The topological polar surface area (TPSA) is 81.8 Å². The van der Waals surface area contributed by atoms with Gasteiger partial charge < -0.3 is 10.6 Å². The van der Waals surface area contributed by atoms with Gasteiger partial charge in [0.15, 0.2) is 0 Å². The van der Waals surface area contributed by atoms with Crippen molar-refractivity contribution in [2.75, 3.05) is 0 Å². The van der Waals surface area contributed by atoms with Crippen LogP contribution in [0.3, 0.4) is 0 Å². The highest BCUT2D eigenvalue weighted by molar-refractivity contribution is 7.47. The summed E-state index contributed by atoms with van der Waals surface area (Å²) in [6.45, 7) is 0.0901. The molecular formula is C20H28NO4P. The van der Waals surface area contributed by atoms with Crippen LogP contribution in [0.2, 0.25) is 0 Å². The molecule has 0 bridgehead atoms. The highest BCUT2D eigenvalue weighted by atomic mass is 31.2. The fourth-order valence-corrected chi connectivity index (χ4v) is 3.33. The fraction of sp³-hybridized carbons (Fsp3) is 0.400. The van der Waals surface area contributed by atoms with Crippen molar-refractivity contribution in [2.45, 2.75) is 51.4 Å². The largest absolute Gasteiger partial charge is 0.472 e. The molecule has 1 aliphatic rings. The average molecular weight is 377 g/mol. The third kappa shape index (κ3) is 8.75. The Morgan fingerprint density at radius 1 is 0.846 bits per heavy atom. The molecule has 0 atom stereocenters. The van der Waals surface area contributed by atoms with E-state index in [1.807, 2.05) is 60.7 Å². The molecule has 1 saturated carbocycles. The maximum Gasteiger partial charge on any atom is 0.472 e. The molecule has 0 aromatic heterocycles. The number of nitrogens with two attached hydrogens (primary N) is 1. The zero-order valence-electron chi connectivity index (χ0n) is 15.0. The average Bonchev–Trinajstić information content (AvgIpc) is 2.68. The van der Waals surface area contributed by atoms with Gasteiger partial charge in [-0.05, 0) is 24.0 Å². The van der Waals surface area contributed by atoms with Crippen LogP contribution in [0.15, 0.2) is 60.7 Å². The highest BCUT2D eigenvalue weighted by Crippen LogP contribution is 2.44. The Bertz CT molecular complexity index is 613. The van der Waals surface area contributed by atoms with E-state index < -0.39 is 7.82 Å². The maximum atomic E-state index is 11.7. The van der Waals surface area contributed by atoms with Crippen LogP contribution >= 0.6 is 7.82 Å². The van der Waals surface area contributed by atoms with Gasteiger partial charge in [-0.25, -0.2) is 4.57 Å².